The molecule has 0 N–H and O–H groups in total. The van der Waals surface area contributed by atoms with Crippen molar-refractivity contribution in [1.29, 1.82) is 0 Å². The third kappa shape index (κ3) is 5.36. The molecule has 2 aliphatic carbocycles. The molecule has 2 heterocycles. The molecule has 2 aromatic carbocycles. The number of nitrogens with zero attached hydrogens (tertiary/aromatic N) is 1. The van der Waals surface area contributed by atoms with Crippen LogP contribution >= 0.6 is 23.2 Å². The number of allylic oxidation sites excluding steroid dienone is 4. The average molecular weight is 643 g/mol. The van der Waals surface area contributed by atoms with Crippen molar-refractivity contribution in [1.82, 2.24) is 4.90 Å². The lowest BCUT2D eigenvalue weighted by Crippen LogP contribution is -2.46. The molecule has 1 saturated carbocycles. The van der Waals surface area contributed by atoms with E-state index in [0.717, 1.165) is 19.3 Å². The lowest BCUT2D eigenvalue weighted by molar-refractivity contribution is -0.116. The molecule has 4 atom stereocenters. The zero-order valence-electron chi connectivity index (χ0n) is 24.7. The number of rotatable bonds is 4. The minimum atomic E-state index is -3.75. The van der Waals surface area contributed by atoms with Crippen molar-refractivity contribution in [2.24, 2.45) is 11.8 Å². The van der Waals surface area contributed by atoms with Crippen LogP contribution in [0.2, 0.25) is 10.0 Å². The third-order valence-corrected chi connectivity index (χ3v) is 12.6. The fourth-order valence-corrected chi connectivity index (χ4v) is 9.85. The molecule has 0 aromatic heterocycles. The van der Waals surface area contributed by atoms with E-state index in [1.54, 1.807) is 18.2 Å². The van der Waals surface area contributed by atoms with Crippen LogP contribution in [0.3, 0.4) is 0 Å². The van der Waals surface area contributed by atoms with Gasteiger partial charge < -0.3 is 4.74 Å². The van der Waals surface area contributed by atoms with Crippen LogP contribution in [0, 0.1) is 11.8 Å². The molecule has 1 fully saturated rings. The molecule has 1 amide bonds. The van der Waals surface area contributed by atoms with Gasteiger partial charge in [-0.1, -0.05) is 86.8 Å². The first-order chi connectivity index (χ1) is 20.4. The molecule has 0 bridgehead atoms. The van der Waals surface area contributed by atoms with Gasteiger partial charge in [-0.15, -0.1) is 0 Å². The predicted octanol–water partition coefficient (Wildman–Crippen LogP) is 8.35. The van der Waals surface area contributed by atoms with E-state index in [0.29, 0.717) is 46.3 Å². The number of Topliss-reactive ketones (excluding diaryl/α,β-unsaturated/α-hetero) is 1. The lowest BCUT2D eigenvalue weighted by Gasteiger charge is -2.45. The smallest absolute Gasteiger partial charge is 0.418 e. The molecule has 228 valence electrons. The quantitative estimate of drug-likeness (QED) is 0.335. The molecule has 2 aliphatic heterocycles. The van der Waals surface area contributed by atoms with Crippen LogP contribution in [-0.4, -0.2) is 37.1 Å². The van der Waals surface area contributed by atoms with Crippen LogP contribution < -0.4 is 0 Å². The maximum Gasteiger partial charge on any atom is 0.418 e. The van der Waals surface area contributed by atoms with Gasteiger partial charge >= 0.3 is 6.09 Å². The Morgan fingerprint density at radius 2 is 1.72 bits per heavy atom. The summed E-state index contributed by atoms with van der Waals surface area (Å²) in [6.45, 7) is 6.59. The van der Waals surface area contributed by atoms with Gasteiger partial charge in [0.2, 0.25) is 0 Å². The molecule has 0 unspecified atom stereocenters. The summed E-state index contributed by atoms with van der Waals surface area (Å²) in [7, 11) is -3.75. The van der Waals surface area contributed by atoms with E-state index in [9.17, 15) is 18.0 Å². The van der Waals surface area contributed by atoms with E-state index < -0.39 is 21.8 Å². The van der Waals surface area contributed by atoms with Gasteiger partial charge in [0.25, 0.3) is 0 Å². The zero-order chi connectivity index (χ0) is 30.7. The SMILES string of the molecule is C[C@@H]1CC[C@@H](C(C)(C)c2ccccc2)[C@H](OC(=O)N2C3=C(C(=O)CCC3)[C@H](c3ccc(Cl)c(Cl)c3)C3=C2CCS3(=O)=O)C1. The summed E-state index contributed by atoms with van der Waals surface area (Å²) in [5.74, 6) is -0.653. The van der Waals surface area contributed by atoms with Crippen molar-refractivity contribution in [3.8, 4) is 0 Å². The first-order valence-corrected chi connectivity index (χ1v) is 17.5. The monoisotopic (exact) mass is 641 g/mol. The van der Waals surface area contributed by atoms with Crippen molar-refractivity contribution in [3.05, 3.63) is 91.6 Å². The maximum absolute atomic E-state index is 14.3. The molecular weight excluding hydrogens is 605 g/mol. The van der Waals surface area contributed by atoms with Gasteiger partial charge in [-0.3, -0.25) is 9.69 Å². The third-order valence-electron chi connectivity index (χ3n) is 9.96. The van der Waals surface area contributed by atoms with Gasteiger partial charge in [0, 0.05) is 35.7 Å². The summed E-state index contributed by atoms with van der Waals surface area (Å²) >= 11 is 12.6. The molecule has 43 heavy (non-hydrogen) atoms. The highest BCUT2D eigenvalue weighted by Gasteiger charge is 2.50. The van der Waals surface area contributed by atoms with Crippen molar-refractivity contribution in [3.63, 3.8) is 0 Å². The molecule has 0 spiro atoms. The average Bonchev–Trinajstić information content (AvgIpc) is 3.28. The Morgan fingerprint density at radius 3 is 2.44 bits per heavy atom. The Morgan fingerprint density at radius 1 is 0.977 bits per heavy atom. The molecule has 4 aliphatic rings. The van der Waals surface area contributed by atoms with E-state index in [4.69, 9.17) is 27.9 Å². The predicted molar refractivity (Wildman–Crippen MR) is 169 cm³/mol. The minimum absolute atomic E-state index is 0.0750. The normalized spacial score (nSPS) is 27.2. The number of hydrogen-bond acceptors (Lipinski definition) is 5. The number of ketones is 1. The summed E-state index contributed by atoms with van der Waals surface area (Å²) in [6, 6.07) is 15.3. The van der Waals surface area contributed by atoms with Crippen LogP contribution in [0.25, 0.3) is 0 Å². The van der Waals surface area contributed by atoms with E-state index >= 15 is 0 Å². The second-order valence-electron chi connectivity index (χ2n) is 13.0. The van der Waals surface area contributed by atoms with Gasteiger partial charge in [-0.05, 0) is 60.3 Å². The number of halogens is 2. The highest BCUT2D eigenvalue weighted by molar-refractivity contribution is 7.95. The standard InChI is InChI=1S/C34H37Cl2NO5S/c1-20-12-14-23(34(2,3)22-8-5-4-6-9-22)29(18-20)42-33(39)37-26-10-7-11-28(38)31(26)30(21-13-15-24(35)25(36)19-21)32-27(37)16-17-43(32,40)41/h4-6,8-9,13,15,19-20,23,29-30H,7,10-12,14,16-18H2,1-3H3/t20-,23-,29-,30+/m1/s1. The molecule has 6 nitrogen and oxygen atoms in total. The molecule has 0 radical (unpaired) electrons. The zero-order valence-corrected chi connectivity index (χ0v) is 27.1. The Bertz CT molecular complexity index is 1650. The van der Waals surface area contributed by atoms with Crippen LogP contribution in [0.5, 0.6) is 0 Å². The summed E-state index contributed by atoms with van der Waals surface area (Å²) in [4.78, 5) is 29.5. The molecule has 2 aromatic rings. The van der Waals surface area contributed by atoms with Crippen molar-refractivity contribution < 1.29 is 22.7 Å². The van der Waals surface area contributed by atoms with E-state index in [-0.39, 0.29) is 51.7 Å². The van der Waals surface area contributed by atoms with Crippen LogP contribution in [0.1, 0.15) is 82.8 Å². The Balaban J connectivity index is 1.42. The number of benzene rings is 2. The Kier molecular flexibility index (Phi) is 8.06. The number of hydrogen-bond donors (Lipinski definition) is 0. The molecule has 9 heteroatoms. The second kappa shape index (κ2) is 11.4. The summed E-state index contributed by atoms with van der Waals surface area (Å²) in [6.07, 6.45) is 3.25. The van der Waals surface area contributed by atoms with Gasteiger partial charge in [0.05, 0.1) is 26.6 Å². The summed E-state index contributed by atoms with van der Waals surface area (Å²) < 4.78 is 33.7. The van der Waals surface area contributed by atoms with Gasteiger partial charge in [-0.25, -0.2) is 13.2 Å². The first-order valence-electron chi connectivity index (χ1n) is 15.1. The number of carbonyl (C=O) groups excluding carboxylic acids is 2. The Labute approximate surface area is 264 Å². The highest BCUT2D eigenvalue weighted by Crippen LogP contribution is 2.52. The largest absolute Gasteiger partial charge is 0.445 e. The van der Waals surface area contributed by atoms with E-state index in [1.807, 2.05) is 18.2 Å². The van der Waals surface area contributed by atoms with Crippen LogP contribution in [-0.2, 0) is 24.8 Å². The summed E-state index contributed by atoms with van der Waals surface area (Å²) in [5.41, 5.74) is 2.83. The topological polar surface area (TPSA) is 80.8 Å². The number of sulfone groups is 1. The molecule has 6 rings (SSSR count). The van der Waals surface area contributed by atoms with Gasteiger partial charge in [0.1, 0.15) is 6.10 Å². The van der Waals surface area contributed by atoms with E-state index in [2.05, 4.69) is 32.9 Å². The number of amides is 1. The van der Waals surface area contributed by atoms with Crippen LogP contribution in [0.4, 0.5) is 4.79 Å². The van der Waals surface area contributed by atoms with Crippen molar-refractivity contribution in [2.75, 3.05) is 5.75 Å². The highest BCUT2D eigenvalue weighted by atomic mass is 35.5. The maximum atomic E-state index is 14.3. The molecule has 0 saturated heterocycles. The van der Waals surface area contributed by atoms with Gasteiger partial charge in [-0.2, -0.15) is 0 Å². The van der Waals surface area contributed by atoms with Crippen molar-refractivity contribution >= 4 is 44.9 Å². The Hall–Kier alpha value is -2.61. The van der Waals surface area contributed by atoms with Crippen molar-refractivity contribution in [2.45, 2.75) is 83.2 Å². The second-order valence-corrected chi connectivity index (χ2v) is 15.9. The number of ether oxygens (including phenoxy) is 1. The van der Waals surface area contributed by atoms with Gasteiger partial charge in [0.15, 0.2) is 15.6 Å². The first kappa shape index (κ1) is 30.4. The fourth-order valence-electron chi connectivity index (χ4n) is 7.69. The summed E-state index contributed by atoms with van der Waals surface area (Å²) in [5, 5.41) is 0.622. The molecular formula is C34H37Cl2NO5S. The number of carbonyl (C=O) groups is 2. The van der Waals surface area contributed by atoms with Crippen LogP contribution in [0.15, 0.2) is 70.4 Å². The lowest BCUT2D eigenvalue weighted by atomic mass is 9.64. The fraction of sp³-hybridized carbons (Fsp3) is 0.471. The van der Waals surface area contributed by atoms with E-state index in [1.165, 1.54) is 10.5 Å². The minimum Gasteiger partial charge on any atom is -0.445 e.